The van der Waals surface area contributed by atoms with E-state index < -0.39 is 0 Å². The van der Waals surface area contributed by atoms with Gasteiger partial charge in [-0.3, -0.25) is 9.59 Å². The van der Waals surface area contributed by atoms with Gasteiger partial charge in [0.15, 0.2) is 0 Å². The molecule has 88 valence electrons. The lowest BCUT2D eigenvalue weighted by molar-refractivity contribution is 0.0935. The van der Waals surface area contributed by atoms with E-state index in [9.17, 15) is 9.59 Å². The number of hydrogen-bond donors (Lipinski definition) is 2. The van der Waals surface area contributed by atoms with E-state index in [-0.39, 0.29) is 17.5 Å². The second-order valence-electron chi connectivity index (χ2n) is 3.65. The van der Waals surface area contributed by atoms with Gasteiger partial charge in [-0.25, -0.2) is 0 Å². The summed E-state index contributed by atoms with van der Waals surface area (Å²) in [5.74, 6) is 0.424. The molecule has 0 fully saturated rings. The highest BCUT2D eigenvalue weighted by Gasteiger charge is 2.13. The molecule has 2 rings (SSSR count). The third kappa shape index (κ3) is 2.63. The fourth-order valence-electron chi connectivity index (χ4n) is 1.44. The SMILES string of the molecule is C[C@@H](NC(=O)c1ccc(=O)[nH]c1)c1ccco1. The van der Waals surface area contributed by atoms with Gasteiger partial charge in [0.25, 0.3) is 5.91 Å². The molecule has 0 spiro atoms. The third-order valence-electron chi connectivity index (χ3n) is 2.36. The van der Waals surface area contributed by atoms with Crippen LogP contribution in [0.2, 0.25) is 0 Å². The number of rotatable bonds is 3. The van der Waals surface area contributed by atoms with E-state index in [1.54, 1.807) is 18.4 Å². The van der Waals surface area contributed by atoms with Crippen LogP contribution in [0.15, 0.2) is 45.9 Å². The number of carbonyl (C=O) groups excluding carboxylic acids is 1. The van der Waals surface area contributed by atoms with Gasteiger partial charge in [-0.15, -0.1) is 0 Å². The largest absolute Gasteiger partial charge is 0.467 e. The van der Waals surface area contributed by atoms with Crippen LogP contribution in [-0.4, -0.2) is 10.9 Å². The van der Waals surface area contributed by atoms with Crippen molar-refractivity contribution in [1.29, 1.82) is 0 Å². The second-order valence-corrected chi connectivity index (χ2v) is 3.65. The molecule has 0 bridgehead atoms. The summed E-state index contributed by atoms with van der Waals surface area (Å²) in [5, 5.41) is 2.76. The van der Waals surface area contributed by atoms with Crippen molar-refractivity contribution < 1.29 is 9.21 Å². The number of pyridine rings is 1. The molecule has 0 saturated carbocycles. The Bertz CT molecular complexity index is 537. The molecular formula is C12H12N2O3. The van der Waals surface area contributed by atoms with Crippen LogP contribution < -0.4 is 10.9 Å². The smallest absolute Gasteiger partial charge is 0.253 e. The summed E-state index contributed by atoms with van der Waals surface area (Å²) < 4.78 is 5.18. The van der Waals surface area contributed by atoms with Crippen LogP contribution in [0.5, 0.6) is 0 Å². The number of H-pyrrole nitrogens is 1. The highest BCUT2D eigenvalue weighted by Crippen LogP contribution is 2.12. The predicted octanol–water partition coefficient (Wildman–Crippen LogP) is 1.46. The molecule has 5 nitrogen and oxygen atoms in total. The molecule has 2 heterocycles. The van der Waals surface area contributed by atoms with Crippen molar-refractivity contribution in [3.8, 4) is 0 Å². The minimum absolute atomic E-state index is 0.218. The first-order valence-electron chi connectivity index (χ1n) is 5.20. The molecule has 0 radical (unpaired) electrons. The van der Waals surface area contributed by atoms with E-state index in [2.05, 4.69) is 10.3 Å². The number of hydrogen-bond acceptors (Lipinski definition) is 3. The summed E-state index contributed by atoms with van der Waals surface area (Å²) >= 11 is 0. The minimum Gasteiger partial charge on any atom is -0.467 e. The van der Waals surface area contributed by atoms with Gasteiger partial charge in [-0.2, -0.15) is 0 Å². The van der Waals surface area contributed by atoms with Gasteiger partial charge < -0.3 is 14.7 Å². The van der Waals surface area contributed by atoms with Crippen LogP contribution in [-0.2, 0) is 0 Å². The molecule has 1 amide bonds. The van der Waals surface area contributed by atoms with Crippen molar-refractivity contribution >= 4 is 5.91 Å². The average molecular weight is 232 g/mol. The van der Waals surface area contributed by atoms with Crippen molar-refractivity contribution in [2.75, 3.05) is 0 Å². The first kappa shape index (κ1) is 11.2. The predicted molar refractivity (Wildman–Crippen MR) is 61.7 cm³/mol. The number of furan rings is 1. The van der Waals surface area contributed by atoms with E-state index >= 15 is 0 Å². The molecule has 2 aromatic rings. The van der Waals surface area contributed by atoms with Gasteiger partial charge in [0.2, 0.25) is 5.56 Å². The molecule has 0 aromatic carbocycles. The zero-order valence-electron chi connectivity index (χ0n) is 9.27. The Morgan fingerprint density at radius 3 is 2.82 bits per heavy atom. The zero-order valence-corrected chi connectivity index (χ0v) is 9.27. The van der Waals surface area contributed by atoms with Crippen molar-refractivity contribution in [1.82, 2.24) is 10.3 Å². The normalized spacial score (nSPS) is 12.1. The molecule has 0 saturated heterocycles. The van der Waals surface area contributed by atoms with Crippen molar-refractivity contribution in [3.63, 3.8) is 0 Å². The van der Waals surface area contributed by atoms with E-state index in [0.717, 1.165) is 0 Å². The fraction of sp³-hybridized carbons (Fsp3) is 0.167. The summed E-state index contributed by atoms with van der Waals surface area (Å²) in [5.41, 5.74) is 0.170. The first-order chi connectivity index (χ1) is 8.16. The summed E-state index contributed by atoms with van der Waals surface area (Å²) in [6.45, 7) is 1.82. The van der Waals surface area contributed by atoms with Crippen LogP contribution in [0.1, 0.15) is 29.1 Å². The quantitative estimate of drug-likeness (QED) is 0.841. The monoisotopic (exact) mass is 232 g/mol. The van der Waals surface area contributed by atoms with Gasteiger partial charge in [-0.1, -0.05) is 0 Å². The highest BCUT2D eigenvalue weighted by molar-refractivity contribution is 5.93. The molecule has 17 heavy (non-hydrogen) atoms. The van der Waals surface area contributed by atoms with Crippen LogP contribution >= 0.6 is 0 Å². The van der Waals surface area contributed by atoms with Crippen molar-refractivity contribution in [3.05, 3.63) is 58.4 Å². The second kappa shape index (κ2) is 4.69. The summed E-state index contributed by atoms with van der Waals surface area (Å²) in [6, 6.07) is 6.12. The van der Waals surface area contributed by atoms with Crippen LogP contribution in [0.25, 0.3) is 0 Å². The summed E-state index contributed by atoms with van der Waals surface area (Å²) in [6.07, 6.45) is 2.94. The number of amides is 1. The molecular weight excluding hydrogens is 220 g/mol. The van der Waals surface area contributed by atoms with Crippen LogP contribution in [0.4, 0.5) is 0 Å². The van der Waals surface area contributed by atoms with E-state index in [0.29, 0.717) is 11.3 Å². The average Bonchev–Trinajstić information content (AvgIpc) is 2.83. The fourth-order valence-corrected chi connectivity index (χ4v) is 1.44. The number of aromatic amines is 1. The van der Waals surface area contributed by atoms with Gasteiger partial charge in [0, 0.05) is 12.3 Å². The van der Waals surface area contributed by atoms with Gasteiger partial charge in [0.05, 0.1) is 17.9 Å². The first-order valence-corrected chi connectivity index (χ1v) is 5.20. The maximum Gasteiger partial charge on any atom is 0.253 e. The Hall–Kier alpha value is -2.30. The standard InChI is InChI=1S/C12H12N2O3/c1-8(10-3-2-6-17-10)14-12(16)9-4-5-11(15)13-7-9/h2-8H,1H3,(H,13,15)(H,14,16)/t8-/m1/s1. The van der Waals surface area contributed by atoms with E-state index in [1.165, 1.54) is 18.3 Å². The van der Waals surface area contributed by atoms with Gasteiger partial charge in [-0.05, 0) is 25.1 Å². The maximum absolute atomic E-state index is 11.8. The topological polar surface area (TPSA) is 75.1 Å². The third-order valence-corrected chi connectivity index (χ3v) is 2.36. The number of aromatic nitrogens is 1. The molecule has 0 aliphatic heterocycles. The lowest BCUT2D eigenvalue weighted by Gasteiger charge is -2.10. The molecule has 1 atom stereocenters. The molecule has 5 heteroatoms. The Morgan fingerprint density at radius 2 is 2.24 bits per heavy atom. The van der Waals surface area contributed by atoms with Gasteiger partial charge in [0.1, 0.15) is 5.76 Å². The molecule has 0 unspecified atom stereocenters. The van der Waals surface area contributed by atoms with E-state index in [4.69, 9.17) is 4.42 Å². The Labute approximate surface area is 97.5 Å². The Morgan fingerprint density at radius 1 is 1.41 bits per heavy atom. The molecule has 0 aliphatic rings. The molecule has 0 aliphatic carbocycles. The zero-order chi connectivity index (χ0) is 12.3. The Balaban J connectivity index is 2.07. The summed E-state index contributed by atoms with van der Waals surface area (Å²) in [4.78, 5) is 25.1. The molecule has 2 N–H and O–H groups in total. The maximum atomic E-state index is 11.8. The lowest BCUT2D eigenvalue weighted by atomic mass is 10.2. The number of carbonyl (C=O) groups is 1. The Kier molecular flexibility index (Phi) is 3.09. The summed E-state index contributed by atoms with van der Waals surface area (Å²) in [7, 11) is 0. The lowest BCUT2D eigenvalue weighted by Crippen LogP contribution is -2.26. The molecule has 2 aromatic heterocycles. The van der Waals surface area contributed by atoms with Crippen molar-refractivity contribution in [2.24, 2.45) is 0 Å². The van der Waals surface area contributed by atoms with Gasteiger partial charge >= 0.3 is 0 Å². The highest BCUT2D eigenvalue weighted by atomic mass is 16.3. The minimum atomic E-state index is -0.259. The van der Waals surface area contributed by atoms with Crippen molar-refractivity contribution in [2.45, 2.75) is 13.0 Å². The number of nitrogens with one attached hydrogen (secondary N) is 2. The van der Waals surface area contributed by atoms with Crippen LogP contribution in [0, 0.1) is 0 Å². The van der Waals surface area contributed by atoms with E-state index in [1.807, 2.05) is 6.92 Å². The van der Waals surface area contributed by atoms with Crippen LogP contribution in [0.3, 0.4) is 0 Å².